The number of aromatic nitrogens is 3. The van der Waals surface area contributed by atoms with E-state index in [0.717, 1.165) is 37.1 Å². The molecular weight excluding hydrogens is 362 g/mol. The van der Waals surface area contributed by atoms with Crippen LogP contribution in [0.2, 0.25) is 0 Å². The molecule has 26 heavy (non-hydrogen) atoms. The highest BCUT2D eigenvalue weighted by Crippen LogP contribution is 2.40. The van der Waals surface area contributed by atoms with Crippen molar-refractivity contribution in [1.29, 1.82) is 0 Å². The molecule has 0 amide bonds. The van der Waals surface area contributed by atoms with Gasteiger partial charge in [0, 0.05) is 22.2 Å². The molecule has 0 saturated heterocycles. The van der Waals surface area contributed by atoms with Gasteiger partial charge < -0.3 is 4.98 Å². The van der Waals surface area contributed by atoms with Crippen molar-refractivity contribution in [3.05, 3.63) is 76.4 Å². The van der Waals surface area contributed by atoms with Crippen LogP contribution in [0.1, 0.15) is 31.9 Å². The Bertz CT molecular complexity index is 1070. The highest BCUT2D eigenvalue weighted by atomic mass is 32.2. The van der Waals surface area contributed by atoms with Crippen LogP contribution in [0.5, 0.6) is 0 Å². The topological polar surface area (TPSA) is 58.6 Å². The third-order valence-electron chi connectivity index (χ3n) is 4.21. The van der Waals surface area contributed by atoms with Gasteiger partial charge >= 0.3 is 0 Å². The first-order valence-electron chi connectivity index (χ1n) is 8.26. The standard InChI is InChI=1S/C20H17N3OS2/c1-12-17(15-10-6-7-11-16(15)21-12)18(24)19(14-8-4-3-5-9-14)26-20-23-22-13(2)25-20/h3-11,19,21H,1-2H3/t19-/m1/s1. The van der Waals surface area contributed by atoms with Gasteiger partial charge in [0.25, 0.3) is 0 Å². The molecule has 4 rings (SSSR count). The average Bonchev–Trinajstić information content (AvgIpc) is 3.21. The minimum absolute atomic E-state index is 0.0870. The summed E-state index contributed by atoms with van der Waals surface area (Å²) in [6, 6.07) is 17.8. The molecule has 4 nitrogen and oxygen atoms in total. The van der Waals surface area contributed by atoms with Crippen molar-refractivity contribution < 1.29 is 4.79 Å². The zero-order valence-corrected chi connectivity index (χ0v) is 16.0. The van der Waals surface area contributed by atoms with Gasteiger partial charge in [-0.15, -0.1) is 10.2 Å². The number of fused-ring (bicyclic) bond motifs is 1. The van der Waals surface area contributed by atoms with Crippen molar-refractivity contribution in [2.75, 3.05) is 0 Å². The lowest BCUT2D eigenvalue weighted by Crippen LogP contribution is -2.11. The number of ketones is 1. The maximum Gasteiger partial charge on any atom is 0.183 e. The molecule has 1 N–H and O–H groups in total. The molecule has 4 aromatic rings. The Morgan fingerprint density at radius 1 is 1.04 bits per heavy atom. The summed E-state index contributed by atoms with van der Waals surface area (Å²) >= 11 is 2.98. The second-order valence-corrected chi connectivity index (χ2v) is 8.56. The van der Waals surface area contributed by atoms with E-state index in [0.29, 0.717) is 0 Å². The first kappa shape index (κ1) is 17.0. The zero-order chi connectivity index (χ0) is 18.1. The molecule has 1 atom stereocenters. The Hall–Kier alpha value is -2.44. The largest absolute Gasteiger partial charge is 0.358 e. The van der Waals surface area contributed by atoms with E-state index >= 15 is 0 Å². The third kappa shape index (κ3) is 3.18. The molecule has 0 radical (unpaired) electrons. The summed E-state index contributed by atoms with van der Waals surface area (Å²) in [5, 5.41) is 9.79. The molecule has 0 bridgehead atoms. The Morgan fingerprint density at radius 3 is 2.50 bits per heavy atom. The Labute approximate surface area is 159 Å². The molecule has 0 aliphatic rings. The van der Waals surface area contributed by atoms with Gasteiger partial charge in [-0.05, 0) is 25.5 Å². The molecule has 2 heterocycles. The highest BCUT2D eigenvalue weighted by Gasteiger charge is 2.28. The van der Waals surface area contributed by atoms with E-state index in [1.807, 2.05) is 68.4 Å². The summed E-state index contributed by atoms with van der Waals surface area (Å²) in [6.45, 7) is 3.87. The Kier molecular flexibility index (Phi) is 4.61. The van der Waals surface area contributed by atoms with Crippen LogP contribution < -0.4 is 0 Å². The summed E-state index contributed by atoms with van der Waals surface area (Å²) in [4.78, 5) is 16.9. The van der Waals surface area contributed by atoms with Crippen molar-refractivity contribution >= 4 is 39.8 Å². The van der Waals surface area contributed by atoms with Crippen LogP contribution in [0, 0.1) is 13.8 Å². The number of thioether (sulfide) groups is 1. The molecule has 2 aromatic carbocycles. The van der Waals surface area contributed by atoms with Gasteiger partial charge in [-0.2, -0.15) is 0 Å². The lowest BCUT2D eigenvalue weighted by molar-refractivity contribution is 0.0990. The van der Waals surface area contributed by atoms with Crippen LogP contribution in [0.15, 0.2) is 58.9 Å². The quantitative estimate of drug-likeness (QED) is 0.375. The summed E-state index contributed by atoms with van der Waals surface area (Å²) in [7, 11) is 0. The maximum absolute atomic E-state index is 13.6. The second kappa shape index (κ2) is 7.05. The Balaban J connectivity index is 1.80. The van der Waals surface area contributed by atoms with Gasteiger partial charge in [0.2, 0.25) is 0 Å². The fraction of sp³-hybridized carbons (Fsp3) is 0.150. The fourth-order valence-electron chi connectivity index (χ4n) is 3.05. The van der Waals surface area contributed by atoms with Gasteiger partial charge in [0.05, 0.1) is 0 Å². The number of nitrogens with one attached hydrogen (secondary N) is 1. The number of carbonyl (C=O) groups excluding carboxylic acids is 1. The van der Waals surface area contributed by atoms with Gasteiger partial charge in [-0.3, -0.25) is 4.79 Å². The first-order valence-corrected chi connectivity index (χ1v) is 9.96. The van der Waals surface area contributed by atoms with Crippen molar-refractivity contribution in [3.63, 3.8) is 0 Å². The monoisotopic (exact) mass is 379 g/mol. The average molecular weight is 380 g/mol. The smallest absolute Gasteiger partial charge is 0.183 e. The molecule has 6 heteroatoms. The van der Waals surface area contributed by atoms with Crippen LogP contribution in [0.3, 0.4) is 0 Å². The lowest BCUT2D eigenvalue weighted by Gasteiger charge is -2.15. The number of carbonyl (C=O) groups is 1. The van der Waals surface area contributed by atoms with Crippen molar-refractivity contribution in [2.45, 2.75) is 23.4 Å². The van der Waals surface area contributed by atoms with Gasteiger partial charge in [-0.25, -0.2) is 0 Å². The van der Waals surface area contributed by atoms with Crippen LogP contribution in [0.4, 0.5) is 0 Å². The minimum atomic E-state index is -0.360. The number of Topliss-reactive ketones (excluding diaryl/α,β-unsaturated/α-hetero) is 1. The van der Waals surface area contributed by atoms with Gasteiger partial charge in [-0.1, -0.05) is 71.6 Å². The third-order valence-corrected chi connectivity index (χ3v) is 6.38. The van der Waals surface area contributed by atoms with Crippen molar-refractivity contribution in [2.24, 2.45) is 0 Å². The predicted molar refractivity (Wildman–Crippen MR) is 107 cm³/mol. The van der Waals surface area contributed by atoms with Crippen LogP contribution in [-0.4, -0.2) is 21.0 Å². The van der Waals surface area contributed by atoms with E-state index in [-0.39, 0.29) is 11.0 Å². The fourth-order valence-corrected chi connectivity index (χ4v) is 5.12. The van der Waals surface area contributed by atoms with Gasteiger partial charge in [0.1, 0.15) is 10.3 Å². The molecule has 0 aliphatic heterocycles. The minimum Gasteiger partial charge on any atom is -0.358 e. The van der Waals surface area contributed by atoms with Crippen LogP contribution >= 0.6 is 23.1 Å². The second-order valence-electron chi connectivity index (χ2n) is 6.03. The molecule has 0 saturated carbocycles. The van der Waals surface area contributed by atoms with E-state index in [4.69, 9.17) is 0 Å². The lowest BCUT2D eigenvalue weighted by atomic mass is 10.00. The number of hydrogen-bond donors (Lipinski definition) is 1. The van der Waals surface area contributed by atoms with Crippen molar-refractivity contribution in [1.82, 2.24) is 15.2 Å². The highest BCUT2D eigenvalue weighted by molar-refractivity contribution is 8.01. The van der Waals surface area contributed by atoms with E-state index in [1.165, 1.54) is 23.1 Å². The van der Waals surface area contributed by atoms with Crippen LogP contribution in [0.25, 0.3) is 10.9 Å². The summed E-state index contributed by atoms with van der Waals surface area (Å²) in [5.41, 5.74) is 3.60. The molecule has 0 aliphatic carbocycles. The molecule has 0 unspecified atom stereocenters. The first-order chi connectivity index (χ1) is 12.6. The summed E-state index contributed by atoms with van der Waals surface area (Å²) in [6.07, 6.45) is 0. The number of nitrogens with zero attached hydrogens (tertiary/aromatic N) is 2. The SMILES string of the molecule is Cc1nnc(S[C@@H](C(=O)c2c(C)[nH]c3ccccc23)c2ccccc2)s1. The number of aryl methyl sites for hydroxylation is 2. The zero-order valence-electron chi connectivity index (χ0n) is 14.4. The van der Waals surface area contributed by atoms with E-state index in [9.17, 15) is 4.79 Å². The number of rotatable bonds is 5. The maximum atomic E-state index is 13.6. The van der Waals surface area contributed by atoms with E-state index in [1.54, 1.807) is 0 Å². The van der Waals surface area contributed by atoms with Crippen molar-refractivity contribution in [3.8, 4) is 0 Å². The number of H-pyrrole nitrogens is 1. The molecule has 0 spiro atoms. The number of hydrogen-bond acceptors (Lipinski definition) is 5. The predicted octanol–water partition coefficient (Wildman–Crippen LogP) is 5.35. The molecular formula is C20H17N3OS2. The normalized spacial score (nSPS) is 12.4. The number of aromatic amines is 1. The molecule has 130 valence electrons. The van der Waals surface area contributed by atoms with E-state index < -0.39 is 0 Å². The molecule has 2 aromatic heterocycles. The molecule has 0 fully saturated rings. The van der Waals surface area contributed by atoms with Gasteiger partial charge in [0.15, 0.2) is 10.1 Å². The number of para-hydroxylation sites is 1. The summed E-state index contributed by atoms with van der Waals surface area (Å²) < 4.78 is 0.808. The van der Waals surface area contributed by atoms with Crippen LogP contribution in [-0.2, 0) is 0 Å². The summed E-state index contributed by atoms with van der Waals surface area (Å²) in [5.74, 6) is 0.0870. The van der Waals surface area contributed by atoms with E-state index in [2.05, 4.69) is 15.2 Å². The number of benzene rings is 2. The Morgan fingerprint density at radius 2 is 1.77 bits per heavy atom.